The number of nitrogens with one attached hydrogen (secondary N) is 2. The summed E-state index contributed by atoms with van der Waals surface area (Å²) in [5.74, 6) is -1.05. The fourth-order valence-electron chi connectivity index (χ4n) is 3.10. The predicted molar refractivity (Wildman–Crippen MR) is 119 cm³/mol. The summed E-state index contributed by atoms with van der Waals surface area (Å²) in [7, 11) is -3.98. The summed E-state index contributed by atoms with van der Waals surface area (Å²) < 4.78 is 69.1. The summed E-state index contributed by atoms with van der Waals surface area (Å²) in [5.41, 5.74) is 2.89. The molecule has 1 amide bonds. The van der Waals surface area contributed by atoms with Gasteiger partial charge in [0.2, 0.25) is 0 Å². The lowest BCUT2D eigenvalue weighted by molar-refractivity contribution is -0.274. The fourth-order valence-corrected chi connectivity index (χ4v) is 4.50. The Morgan fingerprint density at radius 3 is 2.15 bits per heavy atom. The normalized spacial score (nSPS) is 11.7. The van der Waals surface area contributed by atoms with Crippen molar-refractivity contribution in [3.8, 4) is 5.75 Å². The second-order valence-corrected chi connectivity index (χ2v) is 9.08. The molecule has 0 spiro atoms. The molecule has 0 aliphatic heterocycles. The van der Waals surface area contributed by atoms with Crippen LogP contribution in [0.25, 0.3) is 0 Å². The molecule has 0 radical (unpaired) electrons. The number of hydrogen-bond acceptors (Lipinski definition) is 4. The van der Waals surface area contributed by atoms with E-state index in [9.17, 15) is 26.4 Å². The molecule has 10 heteroatoms. The van der Waals surface area contributed by atoms with E-state index in [-0.39, 0.29) is 16.1 Å². The summed E-state index contributed by atoms with van der Waals surface area (Å²) in [6.45, 7) is 5.29. The first-order valence-corrected chi connectivity index (χ1v) is 11.2. The Balaban J connectivity index is 1.81. The molecule has 0 saturated carbocycles. The van der Waals surface area contributed by atoms with Gasteiger partial charge in [0, 0.05) is 11.3 Å². The number of halogens is 3. The van der Waals surface area contributed by atoms with Crippen LogP contribution >= 0.6 is 0 Å². The van der Waals surface area contributed by atoms with E-state index in [1.807, 2.05) is 13.0 Å². The second-order valence-electron chi connectivity index (χ2n) is 7.43. The van der Waals surface area contributed by atoms with Crippen LogP contribution < -0.4 is 14.8 Å². The first-order chi connectivity index (χ1) is 15.3. The van der Waals surface area contributed by atoms with Crippen LogP contribution in [0.4, 0.5) is 24.5 Å². The number of amides is 1. The number of aryl methyl sites for hydroxylation is 3. The van der Waals surface area contributed by atoms with Crippen LogP contribution in [-0.2, 0) is 10.0 Å². The minimum Gasteiger partial charge on any atom is -0.406 e. The molecule has 0 unspecified atom stereocenters. The van der Waals surface area contributed by atoms with Crippen molar-refractivity contribution in [2.24, 2.45) is 0 Å². The number of benzene rings is 3. The Bertz CT molecular complexity index is 1290. The highest BCUT2D eigenvalue weighted by atomic mass is 32.2. The maximum absolute atomic E-state index is 13.0. The molecule has 0 aliphatic rings. The lowest BCUT2D eigenvalue weighted by atomic mass is 10.1. The molecule has 6 nitrogen and oxygen atoms in total. The molecule has 3 rings (SSSR count). The van der Waals surface area contributed by atoms with Crippen LogP contribution in [0.15, 0.2) is 65.6 Å². The molecule has 0 saturated heterocycles. The maximum atomic E-state index is 13.0. The van der Waals surface area contributed by atoms with Gasteiger partial charge in [0.1, 0.15) is 5.75 Å². The molecule has 0 fully saturated rings. The molecule has 0 atom stereocenters. The Morgan fingerprint density at radius 2 is 1.55 bits per heavy atom. The van der Waals surface area contributed by atoms with Gasteiger partial charge in [-0.15, -0.1) is 13.2 Å². The van der Waals surface area contributed by atoms with E-state index in [2.05, 4.69) is 14.8 Å². The number of rotatable bonds is 6. The number of hydrogen-bond donors (Lipinski definition) is 2. The summed E-state index contributed by atoms with van der Waals surface area (Å²) in [5, 5.41) is 2.52. The molecule has 0 heterocycles. The predicted octanol–water partition coefficient (Wildman–Crippen LogP) is 5.56. The van der Waals surface area contributed by atoms with Crippen molar-refractivity contribution in [3.63, 3.8) is 0 Å². The molecule has 0 bridgehead atoms. The van der Waals surface area contributed by atoms with E-state index < -0.39 is 28.0 Å². The van der Waals surface area contributed by atoms with Crippen molar-refractivity contribution in [1.29, 1.82) is 0 Å². The van der Waals surface area contributed by atoms with Crippen molar-refractivity contribution in [2.75, 3.05) is 10.0 Å². The maximum Gasteiger partial charge on any atom is 0.573 e. The number of anilines is 2. The van der Waals surface area contributed by atoms with Gasteiger partial charge in [-0.05, 0) is 74.4 Å². The molecule has 174 valence electrons. The summed E-state index contributed by atoms with van der Waals surface area (Å²) in [6.07, 6.45) is -4.82. The fraction of sp³-hybridized carbons (Fsp3) is 0.174. The first kappa shape index (κ1) is 24.1. The van der Waals surface area contributed by atoms with Crippen LogP contribution in [0.3, 0.4) is 0 Å². The van der Waals surface area contributed by atoms with E-state index in [0.29, 0.717) is 11.3 Å². The van der Waals surface area contributed by atoms with Crippen LogP contribution in [0, 0.1) is 20.8 Å². The topological polar surface area (TPSA) is 84.5 Å². The van der Waals surface area contributed by atoms with E-state index >= 15 is 0 Å². The summed E-state index contributed by atoms with van der Waals surface area (Å²) in [4.78, 5) is 12.6. The Morgan fingerprint density at radius 1 is 0.879 bits per heavy atom. The van der Waals surface area contributed by atoms with Crippen molar-refractivity contribution < 1.29 is 31.1 Å². The Hall–Kier alpha value is -3.53. The SMILES string of the molecule is Cc1ccc(NS(=O)(=O)c2cc(C(=O)Nc3ccc(OC(F)(F)F)cc3)ccc2C)c(C)c1. The number of ether oxygens (including phenoxy) is 1. The Kier molecular flexibility index (Phi) is 6.68. The van der Waals surface area contributed by atoms with Gasteiger partial charge in [-0.1, -0.05) is 23.8 Å². The van der Waals surface area contributed by atoms with E-state index in [4.69, 9.17) is 0 Å². The summed E-state index contributed by atoms with van der Waals surface area (Å²) >= 11 is 0. The van der Waals surface area contributed by atoms with Gasteiger partial charge in [0.15, 0.2) is 0 Å². The molecule has 3 aromatic carbocycles. The molecule has 2 N–H and O–H groups in total. The quantitative estimate of drug-likeness (QED) is 0.486. The molecule has 33 heavy (non-hydrogen) atoms. The third-order valence-corrected chi connectivity index (χ3v) is 6.22. The lowest BCUT2D eigenvalue weighted by Crippen LogP contribution is -2.18. The monoisotopic (exact) mass is 478 g/mol. The average Bonchev–Trinajstić information content (AvgIpc) is 2.70. The van der Waals surface area contributed by atoms with Gasteiger partial charge < -0.3 is 10.1 Å². The average molecular weight is 478 g/mol. The smallest absolute Gasteiger partial charge is 0.406 e. The Labute approximate surface area is 189 Å². The van der Waals surface area contributed by atoms with Gasteiger partial charge in [-0.3, -0.25) is 9.52 Å². The molecular weight excluding hydrogens is 457 g/mol. The van der Waals surface area contributed by atoms with Gasteiger partial charge >= 0.3 is 6.36 Å². The highest BCUT2D eigenvalue weighted by Crippen LogP contribution is 2.26. The first-order valence-electron chi connectivity index (χ1n) is 9.72. The third kappa shape index (κ3) is 6.26. The van der Waals surface area contributed by atoms with Crippen LogP contribution in [0.2, 0.25) is 0 Å². The van der Waals surface area contributed by atoms with E-state index in [0.717, 1.165) is 23.3 Å². The minimum atomic E-state index is -4.82. The zero-order valence-electron chi connectivity index (χ0n) is 17.9. The number of carbonyl (C=O) groups excluding carboxylic acids is 1. The second kappa shape index (κ2) is 9.14. The van der Waals surface area contributed by atoms with Crippen LogP contribution in [0.5, 0.6) is 5.75 Å². The highest BCUT2D eigenvalue weighted by molar-refractivity contribution is 7.92. The van der Waals surface area contributed by atoms with E-state index in [1.165, 1.54) is 30.3 Å². The van der Waals surface area contributed by atoms with Crippen LogP contribution in [-0.4, -0.2) is 20.7 Å². The molecule has 0 aromatic heterocycles. The number of carbonyl (C=O) groups is 1. The molecule has 0 aliphatic carbocycles. The lowest BCUT2D eigenvalue weighted by Gasteiger charge is -2.14. The molecule has 3 aromatic rings. The van der Waals surface area contributed by atoms with Crippen molar-refractivity contribution in [1.82, 2.24) is 0 Å². The van der Waals surface area contributed by atoms with Crippen molar-refractivity contribution >= 4 is 27.3 Å². The van der Waals surface area contributed by atoms with E-state index in [1.54, 1.807) is 26.0 Å². The largest absolute Gasteiger partial charge is 0.573 e. The van der Waals surface area contributed by atoms with Crippen molar-refractivity contribution in [3.05, 3.63) is 82.9 Å². The summed E-state index contributed by atoms with van der Waals surface area (Å²) in [6, 6.07) is 14.1. The number of sulfonamides is 1. The standard InChI is InChI=1S/C23H21F3N2O4S/c1-14-4-11-20(16(3)12-14)28-33(30,31)21-13-17(6-5-15(21)2)22(29)27-18-7-9-19(10-8-18)32-23(24,25)26/h4-13,28H,1-3H3,(H,27,29). The third-order valence-electron chi connectivity index (χ3n) is 4.71. The van der Waals surface area contributed by atoms with Gasteiger partial charge in [-0.2, -0.15) is 0 Å². The highest BCUT2D eigenvalue weighted by Gasteiger charge is 2.31. The zero-order valence-corrected chi connectivity index (χ0v) is 18.8. The van der Waals surface area contributed by atoms with Crippen molar-refractivity contribution in [2.45, 2.75) is 32.0 Å². The van der Waals surface area contributed by atoms with Gasteiger partial charge in [0.25, 0.3) is 15.9 Å². The minimum absolute atomic E-state index is 0.0657. The van der Waals surface area contributed by atoms with Gasteiger partial charge in [-0.25, -0.2) is 8.42 Å². The van der Waals surface area contributed by atoms with Gasteiger partial charge in [0.05, 0.1) is 10.6 Å². The zero-order chi connectivity index (χ0) is 24.4. The van der Waals surface area contributed by atoms with Crippen LogP contribution in [0.1, 0.15) is 27.0 Å². The number of alkyl halides is 3. The molecular formula is C23H21F3N2O4S.